The highest BCUT2D eigenvalue weighted by atomic mass is 31.2. The maximum atomic E-state index is 14.3. The monoisotopic (exact) mass is 484 g/mol. The minimum absolute atomic E-state index is 0.0214. The maximum Gasteiger partial charge on any atom is 0.375 e. The smallest absolute Gasteiger partial charge is 0.375 e. The second-order valence-corrected chi connectivity index (χ2v) is 9.22. The van der Waals surface area contributed by atoms with Gasteiger partial charge in [-0.15, -0.1) is 0 Å². The van der Waals surface area contributed by atoms with Gasteiger partial charge in [0.15, 0.2) is 0 Å². The summed E-state index contributed by atoms with van der Waals surface area (Å²) < 4.78 is 50.5. The molecule has 2 aromatic rings. The van der Waals surface area contributed by atoms with Crippen molar-refractivity contribution in [3.63, 3.8) is 0 Å². The third-order valence-corrected chi connectivity index (χ3v) is 7.10. The lowest BCUT2D eigenvalue weighted by atomic mass is 10.2. The Morgan fingerprint density at radius 2 is 1.88 bits per heavy atom. The van der Waals surface area contributed by atoms with Crippen LogP contribution in [0.1, 0.15) is 44.3 Å². The van der Waals surface area contributed by atoms with Gasteiger partial charge in [-0.1, -0.05) is 30.3 Å². The molecule has 1 fully saturated rings. The number of esters is 1. The molecule has 180 valence electrons. The summed E-state index contributed by atoms with van der Waals surface area (Å²) in [6.07, 6.45) is 1.17. The highest BCUT2D eigenvalue weighted by molar-refractivity contribution is 7.54. The van der Waals surface area contributed by atoms with Crippen LogP contribution in [-0.2, 0) is 34.4 Å². The van der Waals surface area contributed by atoms with E-state index in [9.17, 15) is 23.3 Å². The van der Waals surface area contributed by atoms with Gasteiger partial charge in [0, 0.05) is 12.2 Å². The van der Waals surface area contributed by atoms with Crippen LogP contribution in [-0.4, -0.2) is 34.9 Å². The van der Waals surface area contributed by atoms with Gasteiger partial charge >= 0.3 is 19.3 Å². The fourth-order valence-corrected chi connectivity index (χ4v) is 5.32. The van der Waals surface area contributed by atoms with Gasteiger partial charge in [0.2, 0.25) is 11.7 Å². The molecule has 0 radical (unpaired) electrons. The molecule has 0 spiro atoms. The van der Waals surface area contributed by atoms with Crippen molar-refractivity contribution in [2.45, 2.75) is 45.3 Å². The third-order valence-electron chi connectivity index (χ3n) is 4.89. The van der Waals surface area contributed by atoms with E-state index in [1.54, 1.807) is 44.2 Å². The Morgan fingerprint density at radius 1 is 1.21 bits per heavy atom. The number of carbonyl (C=O) groups is 1. The third kappa shape index (κ3) is 5.67. The molecule has 1 aliphatic rings. The van der Waals surface area contributed by atoms with E-state index in [1.807, 2.05) is 0 Å². The minimum Gasteiger partial charge on any atom is -0.443 e. The van der Waals surface area contributed by atoms with Gasteiger partial charge in [-0.2, -0.15) is 4.39 Å². The van der Waals surface area contributed by atoms with Crippen LogP contribution in [0.5, 0.6) is 0 Å². The Labute approximate surface area is 189 Å². The Hall–Kier alpha value is -2.59. The minimum atomic E-state index is -3.98. The molecule has 0 saturated carbocycles. The molecule has 1 aliphatic heterocycles. The molecule has 3 rings (SSSR count). The summed E-state index contributed by atoms with van der Waals surface area (Å²) in [6.45, 7) is 2.75. The number of nitrogens with zero attached hydrogens (tertiary/aromatic N) is 2. The molecule has 0 bridgehead atoms. The summed E-state index contributed by atoms with van der Waals surface area (Å²) in [7, 11) is -3.98. The number of benzene rings is 1. The lowest BCUT2D eigenvalue weighted by Gasteiger charge is -2.26. The van der Waals surface area contributed by atoms with Crippen molar-refractivity contribution in [3.05, 3.63) is 68.7 Å². The first-order chi connectivity index (χ1) is 15.8. The van der Waals surface area contributed by atoms with Crippen molar-refractivity contribution < 1.29 is 32.3 Å². The van der Waals surface area contributed by atoms with E-state index in [2.05, 4.69) is 0 Å². The van der Waals surface area contributed by atoms with Gasteiger partial charge in [0.1, 0.15) is 12.8 Å². The molecule has 1 aromatic heterocycles. The zero-order chi connectivity index (χ0) is 24.0. The average molecular weight is 484 g/mol. The molecule has 2 atom stereocenters. The van der Waals surface area contributed by atoms with E-state index in [0.717, 1.165) is 10.8 Å². The summed E-state index contributed by atoms with van der Waals surface area (Å²) in [6, 6.07) is 8.16. The molecule has 1 aromatic carbocycles. The SMILES string of the molecule is CCOP(=O)(OCC)C(OC(=O)Cn1c(=O)c(F)cn([C@H]2CCCO2)c1=O)c1ccccc1. The molecule has 0 amide bonds. The lowest BCUT2D eigenvalue weighted by Crippen LogP contribution is -2.44. The van der Waals surface area contributed by atoms with Crippen LogP contribution >= 0.6 is 7.60 Å². The predicted octanol–water partition coefficient (Wildman–Crippen LogP) is 2.97. The molecule has 1 saturated heterocycles. The van der Waals surface area contributed by atoms with Crippen molar-refractivity contribution in [3.8, 4) is 0 Å². The molecule has 33 heavy (non-hydrogen) atoms. The summed E-state index contributed by atoms with van der Waals surface area (Å²) in [5, 5.41) is 0. The molecule has 0 aliphatic carbocycles. The Balaban J connectivity index is 1.93. The molecule has 1 unspecified atom stereocenters. The Morgan fingerprint density at radius 3 is 2.45 bits per heavy atom. The predicted molar refractivity (Wildman–Crippen MR) is 115 cm³/mol. The van der Waals surface area contributed by atoms with Gasteiger partial charge in [0.05, 0.1) is 19.4 Å². The van der Waals surface area contributed by atoms with Crippen LogP contribution in [0, 0.1) is 5.82 Å². The Bertz CT molecular complexity index is 1120. The first-order valence-corrected chi connectivity index (χ1v) is 12.2. The first kappa shape index (κ1) is 25.0. The summed E-state index contributed by atoms with van der Waals surface area (Å²) >= 11 is 0. The van der Waals surface area contributed by atoms with E-state index in [-0.39, 0.29) is 13.2 Å². The maximum absolute atomic E-state index is 14.3. The highest BCUT2D eigenvalue weighted by Gasteiger charge is 2.40. The zero-order valence-electron chi connectivity index (χ0n) is 18.3. The van der Waals surface area contributed by atoms with Gasteiger partial charge in [0.25, 0.3) is 5.56 Å². The van der Waals surface area contributed by atoms with E-state index in [0.29, 0.717) is 29.6 Å². The fourth-order valence-electron chi connectivity index (χ4n) is 3.47. The normalized spacial score (nSPS) is 17.1. The topological polar surface area (TPSA) is 115 Å². The molecule has 2 heterocycles. The van der Waals surface area contributed by atoms with Gasteiger partial charge < -0.3 is 18.5 Å². The number of halogens is 1. The molecule has 12 heteroatoms. The second kappa shape index (κ2) is 11.0. The molecule has 0 N–H and O–H groups in total. The van der Waals surface area contributed by atoms with E-state index < -0.39 is 49.2 Å². The lowest BCUT2D eigenvalue weighted by molar-refractivity contribution is -0.147. The summed E-state index contributed by atoms with van der Waals surface area (Å²) in [4.78, 5) is 37.8. The number of aromatic nitrogens is 2. The molecule has 10 nitrogen and oxygen atoms in total. The van der Waals surface area contributed by atoms with Crippen molar-refractivity contribution in [1.29, 1.82) is 0 Å². The van der Waals surface area contributed by atoms with E-state index in [1.165, 1.54) is 0 Å². The van der Waals surface area contributed by atoms with Crippen LogP contribution < -0.4 is 11.2 Å². The van der Waals surface area contributed by atoms with Crippen molar-refractivity contribution in [2.75, 3.05) is 19.8 Å². The summed E-state index contributed by atoms with van der Waals surface area (Å²) in [5.74, 6) is -3.75. The van der Waals surface area contributed by atoms with Gasteiger partial charge in [-0.05, 0) is 26.7 Å². The fraction of sp³-hybridized carbons (Fsp3) is 0.476. The second-order valence-electron chi connectivity index (χ2n) is 7.15. The number of ether oxygens (including phenoxy) is 2. The number of rotatable bonds is 10. The van der Waals surface area contributed by atoms with E-state index >= 15 is 0 Å². The molecular formula is C21H26FN2O8P. The van der Waals surface area contributed by atoms with Gasteiger partial charge in [-0.25, -0.2) is 9.36 Å². The average Bonchev–Trinajstić information content (AvgIpc) is 3.33. The quantitative estimate of drug-likeness (QED) is 0.374. The van der Waals surface area contributed by atoms with Crippen LogP contribution in [0.25, 0.3) is 0 Å². The van der Waals surface area contributed by atoms with Crippen molar-refractivity contribution >= 4 is 13.6 Å². The van der Waals surface area contributed by atoms with Crippen molar-refractivity contribution in [1.82, 2.24) is 9.13 Å². The zero-order valence-corrected chi connectivity index (χ0v) is 19.2. The number of carbonyl (C=O) groups excluding carboxylic acids is 1. The molecular weight excluding hydrogens is 458 g/mol. The Kier molecular flexibility index (Phi) is 8.36. The van der Waals surface area contributed by atoms with Crippen LogP contribution in [0.15, 0.2) is 46.1 Å². The number of hydrogen-bond donors (Lipinski definition) is 0. The van der Waals surface area contributed by atoms with Gasteiger partial charge in [-0.3, -0.25) is 18.7 Å². The van der Waals surface area contributed by atoms with Crippen molar-refractivity contribution in [2.24, 2.45) is 0 Å². The summed E-state index contributed by atoms with van der Waals surface area (Å²) in [5.41, 5.74) is -1.86. The van der Waals surface area contributed by atoms with Crippen LogP contribution in [0.4, 0.5) is 4.39 Å². The highest BCUT2D eigenvalue weighted by Crippen LogP contribution is 2.61. The van der Waals surface area contributed by atoms with Crippen LogP contribution in [0.3, 0.4) is 0 Å². The first-order valence-electron chi connectivity index (χ1n) is 10.6. The van der Waals surface area contributed by atoms with Crippen LogP contribution in [0.2, 0.25) is 0 Å². The number of hydrogen-bond acceptors (Lipinski definition) is 8. The largest absolute Gasteiger partial charge is 0.443 e. The standard InChI is InChI=1S/C21H26FN2O8P/c1-3-30-33(28,31-4-2)20(15-9-6-5-7-10-15)32-18(25)14-24-19(26)16(22)13-23(21(24)27)17-11-8-12-29-17/h5-7,9-10,13,17,20H,3-4,8,11-12,14H2,1-2H3/t17-,20?/m1/s1. The van der Waals surface area contributed by atoms with E-state index in [4.69, 9.17) is 18.5 Å².